The molecule has 0 aromatic carbocycles. The number of hydrogen-bond donors (Lipinski definition) is 2. The van der Waals surface area contributed by atoms with Gasteiger partial charge in [0, 0.05) is 27.1 Å². The van der Waals surface area contributed by atoms with Gasteiger partial charge in [0.1, 0.15) is 0 Å². The smallest absolute Gasteiger partial charge is 0.407 e. The summed E-state index contributed by atoms with van der Waals surface area (Å²) in [7, 11) is 0.0589. The first-order valence-corrected chi connectivity index (χ1v) is 11.7. The van der Waals surface area contributed by atoms with Crippen molar-refractivity contribution >= 4 is 26.0 Å². The van der Waals surface area contributed by atoms with Crippen LogP contribution >= 0.6 is 0 Å². The molecule has 0 spiro atoms. The Labute approximate surface area is 139 Å². The fraction of sp³-hybridized carbons (Fsp3) is 0.800. The van der Waals surface area contributed by atoms with Gasteiger partial charge in [0.2, 0.25) is 5.91 Å². The maximum atomic E-state index is 11.7. The van der Waals surface area contributed by atoms with E-state index in [1.165, 1.54) is 7.11 Å². The van der Waals surface area contributed by atoms with Gasteiger partial charge in [0.25, 0.3) is 0 Å². The molecule has 0 heterocycles. The molecule has 0 aromatic rings. The number of ether oxygens (including phenoxy) is 2. The molecule has 0 saturated heterocycles. The zero-order valence-electron chi connectivity index (χ0n) is 14.9. The highest BCUT2D eigenvalue weighted by Gasteiger charge is 2.16. The standard InChI is InChI=1S/C15H30N2O5Si/c1-6-12(11-16-13(18)7-8-14(19)21-2)17-15(20)22-9-10-23(3,4)5/h12H,6-11H2,1-5H3,(H,16,18)(H,17,20)/t12-/m0/s1. The van der Waals surface area contributed by atoms with Crippen LogP contribution in [-0.4, -0.2) is 52.3 Å². The second kappa shape index (κ2) is 11.0. The highest BCUT2D eigenvalue weighted by Crippen LogP contribution is 2.07. The van der Waals surface area contributed by atoms with Crippen LogP contribution in [0.2, 0.25) is 25.7 Å². The minimum atomic E-state index is -1.22. The Balaban J connectivity index is 3.98. The number of carbonyl (C=O) groups excluding carboxylic acids is 3. The zero-order valence-corrected chi connectivity index (χ0v) is 15.9. The minimum absolute atomic E-state index is 0.0469. The van der Waals surface area contributed by atoms with Gasteiger partial charge in [0.05, 0.1) is 20.1 Å². The van der Waals surface area contributed by atoms with E-state index in [1.54, 1.807) is 0 Å². The van der Waals surface area contributed by atoms with Crippen molar-refractivity contribution in [1.82, 2.24) is 10.6 Å². The highest BCUT2D eigenvalue weighted by molar-refractivity contribution is 6.76. The molecular formula is C15H30N2O5Si. The zero-order chi connectivity index (χ0) is 17.9. The summed E-state index contributed by atoms with van der Waals surface area (Å²) < 4.78 is 9.63. The van der Waals surface area contributed by atoms with E-state index in [0.29, 0.717) is 19.6 Å². The van der Waals surface area contributed by atoms with Gasteiger partial charge in [-0.25, -0.2) is 4.79 Å². The summed E-state index contributed by atoms with van der Waals surface area (Å²) in [5.41, 5.74) is 0. The summed E-state index contributed by atoms with van der Waals surface area (Å²) in [6, 6.07) is 0.720. The van der Waals surface area contributed by atoms with Gasteiger partial charge in [-0.15, -0.1) is 0 Å². The minimum Gasteiger partial charge on any atom is -0.469 e. The van der Waals surface area contributed by atoms with Gasteiger partial charge in [-0.2, -0.15) is 0 Å². The lowest BCUT2D eigenvalue weighted by molar-refractivity contribution is -0.142. The summed E-state index contributed by atoms with van der Waals surface area (Å²) in [4.78, 5) is 34.3. The number of carbonyl (C=O) groups is 3. The van der Waals surface area contributed by atoms with Gasteiger partial charge in [0.15, 0.2) is 0 Å². The van der Waals surface area contributed by atoms with Crippen molar-refractivity contribution in [3.8, 4) is 0 Å². The molecule has 2 N–H and O–H groups in total. The molecule has 0 aliphatic carbocycles. The van der Waals surface area contributed by atoms with Crippen LogP contribution in [0.25, 0.3) is 0 Å². The highest BCUT2D eigenvalue weighted by atomic mass is 28.3. The quantitative estimate of drug-likeness (QED) is 0.465. The molecule has 0 fully saturated rings. The Hall–Kier alpha value is -1.57. The number of nitrogens with one attached hydrogen (secondary N) is 2. The van der Waals surface area contributed by atoms with E-state index in [0.717, 1.165) is 6.04 Å². The largest absolute Gasteiger partial charge is 0.469 e. The molecule has 0 aromatic heterocycles. The Kier molecular flexibility index (Phi) is 10.3. The van der Waals surface area contributed by atoms with Crippen molar-refractivity contribution in [1.29, 1.82) is 0 Å². The first kappa shape index (κ1) is 21.4. The number of methoxy groups -OCH3 is 1. The van der Waals surface area contributed by atoms with Gasteiger partial charge in [-0.1, -0.05) is 26.6 Å². The van der Waals surface area contributed by atoms with E-state index in [1.807, 2.05) is 6.92 Å². The molecule has 134 valence electrons. The van der Waals surface area contributed by atoms with Gasteiger partial charge in [-0.3, -0.25) is 9.59 Å². The van der Waals surface area contributed by atoms with E-state index in [4.69, 9.17) is 4.74 Å². The molecule has 0 unspecified atom stereocenters. The number of hydrogen-bond acceptors (Lipinski definition) is 5. The van der Waals surface area contributed by atoms with Crippen molar-refractivity contribution < 1.29 is 23.9 Å². The van der Waals surface area contributed by atoms with E-state index in [2.05, 4.69) is 35.0 Å². The molecule has 0 radical (unpaired) electrons. The summed E-state index contributed by atoms with van der Waals surface area (Å²) in [6.45, 7) is 9.28. The van der Waals surface area contributed by atoms with Crippen LogP contribution in [0.3, 0.4) is 0 Å². The third kappa shape index (κ3) is 12.6. The van der Waals surface area contributed by atoms with E-state index in [-0.39, 0.29) is 24.8 Å². The van der Waals surface area contributed by atoms with Crippen molar-refractivity contribution in [2.75, 3.05) is 20.3 Å². The molecular weight excluding hydrogens is 316 g/mol. The molecule has 8 heteroatoms. The third-order valence-electron chi connectivity index (χ3n) is 3.23. The monoisotopic (exact) mass is 346 g/mol. The summed E-state index contributed by atoms with van der Waals surface area (Å²) in [5, 5.41) is 5.42. The van der Waals surface area contributed by atoms with Gasteiger partial charge in [-0.05, 0) is 12.5 Å². The first-order valence-electron chi connectivity index (χ1n) is 7.94. The predicted octanol–water partition coefficient (Wildman–Crippen LogP) is 1.90. The molecule has 7 nitrogen and oxygen atoms in total. The number of rotatable bonds is 10. The molecule has 2 amide bonds. The summed E-state index contributed by atoms with van der Waals surface area (Å²) in [6.07, 6.45) is 0.328. The lowest BCUT2D eigenvalue weighted by Crippen LogP contribution is -2.43. The van der Waals surface area contributed by atoms with Crippen LogP contribution in [0.5, 0.6) is 0 Å². The molecule has 23 heavy (non-hydrogen) atoms. The Morgan fingerprint density at radius 2 is 1.78 bits per heavy atom. The number of alkyl carbamates (subject to hydrolysis) is 1. The third-order valence-corrected chi connectivity index (χ3v) is 4.93. The van der Waals surface area contributed by atoms with Crippen molar-refractivity contribution in [3.05, 3.63) is 0 Å². The molecule has 0 saturated carbocycles. The lowest BCUT2D eigenvalue weighted by Gasteiger charge is -2.19. The topological polar surface area (TPSA) is 93.7 Å². The van der Waals surface area contributed by atoms with Crippen molar-refractivity contribution in [2.45, 2.75) is 57.9 Å². The first-order chi connectivity index (χ1) is 10.7. The predicted molar refractivity (Wildman–Crippen MR) is 91.0 cm³/mol. The second-order valence-corrected chi connectivity index (χ2v) is 12.2. The van der Waals surface area contributed by atoms with Gasteiger partial charge >= 0.3 is 12.1 Å². The summed E-state index contributed by atoms with van der Waals surface area (Å²) in [5.74, 6) is -0.668. The van der Waals surface area contributed by atoms with Crippen LogP contribution in [0.4, 0.5) is 4.79 Å². The molecule has 0 bridgehead atoms. The Morgan fingerprint density at radius 1 is 1.13 bits per heavy atom. The molecule has 0 aliphatic heterocycles. The van der Waals surface area contributed by atoms with Crippen LogP contribution in [0.1, 0.15) is 26.2 Å². The van der Waals surface area contributed by atoms with Crippen molar-refractivity contribution in [2.24, 2.45) is 0 Å². The van der Waals surface area contributed by atoms with Crippen LogP contribution in [0.15, 0.2) is 0 Å². The molecule has 0 rings (SSSR count). The Bertz CT molecular complexity index is 396. The number of esters is 1. The second-order valence-electron chi connectivity index (χ2n) is 6.58. The fourth-order valence-electron chi connectivity index (χ4n) is 1.60. The maximum absolute atomic E-state index is 11.7. The average molecular weight is 347 g/mol. The van der Waals surface area contributed by atoms with Crippen LogP contribution in [0, 0.1) is 0 Å². The van der Waals surface area contributed by atoms with E-state index < -0.39 is 20.1 Å². The van der Waals surface area contributed by atoms with Crippen LogP contribution < -0.4 is 10.6 Å². The van der Waals surface area contributed by atoms with E-state index in [9.17, 15) is 14.4 Å². The average Bonchev–Trinajstić information content (AvgIpc) is 2.47. The SMILES string of the molecule is CC[C@@H](CNC(=O)CCC(=O)OC)NC(=O)OCC[Si](C)(C)C. The normalized spacial score (nSPS) is 12.2. The summed E-state index contributed by atoms with van der Waals surface area (Å²) >= 11 is 0. The van der Waals surface area contributed by atoms with Crippen molar-refractivity contribution in [3.63, 3.8) is 0 Å². The maximum Gasteiger partial charge on any atom is 0.407 e. The Morgan fingerprint density at radius 3 is 2.30 bits per heavy atom. The number of amides is 2. The fourth-order valence-corrected chi connectivity index (χ4v) is 2.31. The van der Waals surface area contributed by atoms with Crippen LogP contribution in [-0.2, 0) is 19.1 Å². The van der Waals surface area contributed by atoms with Gasteiger partial charge < -0.3 is 20.1 Å². The van der Waals surface area contributed by atoms with E-state index >= 15 is 0 Å². The molecule has 0 aliphatic rings. The lowest BCUT2D eigenvalue weighted by atomic mass is 10.2. The molecule has 1 atom stereocenters.